The lowest BCUT2D eigenvalue weighted by atomic mass is 10.3. The average Bonchev–Trinajstić information content (AvgIpc) is 2.53. The van der Waals surface area contributed by atoms with Crippen molar-refractivity contribution in [2.24, 2.45) is 0 Å². The summed E-state index contributed by atoms with van der Waals surface area (Å²) < 4.78 is 24.6. The van der Waals surface area contributed by atoms with Crippen LogP contribution in [0.3, 0.4) is 0 Å². The largest absolute Gasteiger partial charge is 0.344 e. The molecule has 0 aliphatic carbocycles. The minimum atomic E-state index is -2.55. The van der Waals surface area contributed by atoms with Gasteiger partial charge in [-0.3, -0.25) is 14.6 Å². The monoisotopic (exact) mass is 337 g/mol. The van der Waals surface area contributed by atoms with Gasteiger partial charge in [0.25, 0.3) is 5.76 Å². The minimum Gasteiger partial charge on any atom is -0.344 e. The summed E-state index contributed by atoms with van der Waals surface area (Å²) in [5.74, 6) is -4.24. The Labute approximate surface area is 135 Å². The number of hydrogen-bond donors (Lipinski definition) is 2. The number of rotatable bonds is 5. The molecule has 0 saturated carbocycles. The third-order valence-electron chi connectivity index (χ3n) is 2.70. The van der Waals surface area contributed by atoms with Gasteiger partial charge < -0.3 is 10.6 Å². The lowest BCUT2D eigenvalue weighted by molar-refractivity contribution is -0.136. The zero-order chi connectivity index (χ0) is 16.7. The van der Waals surface area contributed by atoms with E-state index in [-0.39, 0.29) is 12.2 Å². The van der Waals surface area contributed by atoms with Crippen molar-refractivity contribution in [2.45, 2.75) is 17.2 Å². The normalized spacial score (nSPS) is 10.4. The summed E-state index contributed by atoms with van der Waals surface area (Å²) in [5.41, 5.74) is 1.03. The van der Waals surface area contributed by atoms with Crippen LogP contribution in [0.5, 0.6) is 0 Å². The van der Waals surface area contributed by atoms with Crippen LogP contribution < -0.4 is 10.6 Å². The van der Waals surface area contributed by atoms with Gasteiger partial charge in [0.15, 0.2) is 0 Å². The van der Waals surface area contributed by atoms with Crippen molar-refractivity contribution in [3.8, 4) is 0 Å². The molecule has 2 aromatic rings. The molecule has 2 amide bonds. The predicted molar refractivity (Wildman–Crippen MR) is 83.0 cm³/mol. The van der Waals surface area contributed by atoms with Crippen LogP contribution in [-0.4, -0.2) is 22.6 Å². The molecule has 1 heterocycles. The maximum atomic E-state index is 12.3. The van der Waals surface area contributed by atoms with Gasteiger partial charge in [0, 0.05) is 29.5 Å². The number of amides is 2. The first-order chi connectivity index (χ1) is 11.0. The second-order valence-electron chi connectivity index (χ2n) is 4.40. The number of carbonyl (C=O) groups excluding carboxylic acids is 2. The van der Waals surface area contributed by atoms with Crippen molar-refractivity contribution >= 4 is 29.3 Å². The summed E-state index contributed by atoms with van der Waals surface area (Å²) in [7, 11) is 0. The molecule has 0 atom stereocenters. The van der Waals surface area contributed by atoms with E-state index in [2.05, 4.69) is 15.6 Å². The fourth-order valence-corrected chi connectivity index (χ4v) is 2.26. The average molecular weight is 337 g/mol. The molecule has 2 rings (SSSR count). The third-order valence-corrected chi connectivity index (χ3v) is 3.40. The molecular formula is C15H13F2N3O2S. The van der Waals surface area contributed by atoms with Gasteiger partial charge in [0.1, 0.15) is 0 Å². The molecule has 0 bridgehead atoms. The number of nitrogens with zero attached hydrogens (tertiary/aromatic N) is 1. The van der Waals surface area contributed by atoms with E-state index in [1.54, 1.807) is 24.5 Å². The summed E-state index contributed by atoms with van der Waals surface area (Å²) in [5, 5.41) is 4.82. The van der Waals surface area contributed by atoms with Crippen LogP contribution in [0.4, 0.5) is 14.5 Å². The van der Waals surface area contributed by atoms with E-state index >= 15 is 0 Å². The highest BCUT2D eigenvalue weighted by Gasteiger charge is 2.14. The third kappa shape index (κ3) is 5.67. The smallest absolute Gasteiger partial charge is 0.313 e. The number of benzene rings is 1. The summed E-state index contributed by atoms with van der Waals surface area (Å²) in [4.78, 5) is 27.7. The van der Waals surface area contributed by atoms with Crippen molar-refractivity contribution in [1.82, 2.24) is 10.3 Å². The van der Waals surface area contributed by atoms with Gasteiger partial charge in [-0.1, -0.05) is 23.9 Å². The van der Waals surface area contributed by atoms with E-state index in [1.807, 2.05) is 0 Å². The quantitative estimate of drug-likeness (QED) is 0.650. The molecular weight excluding hydrogens is 324 g/mol. The van der Waals surface area contributed by atoms with Gasteiger partial charge in [-0.15, -0.1) is 0 Å². The fourth-order valence-electron chi connectivity index (χ4n) is 1.70. The number of anilines is 1. The molecule has 120 valence electrons. The second kappa shape index (κ2) is 8.23. The molecule has 2 N–H and O–H groups in total. The summed E-state index contributed by atoms with van der Waals surface area (Å²) >= 11 is 0.363. The van der Waals surface area contributed by atoms with Gasteiger partial charge in [-0.05, 0) is 29.8 Å². The van der Waals surface area contributed by atoms with E-state index in [9.17, 15) is 18.4 Å². The zero-order valence-corrected chi connectivity index (χ0v) is 12.6. The first-order valence-corrected chi connectivity index (χ1v) is 7.45. The number of aromatic nitrogens is 1. The van der Waals surface area contributed by atoms with Crippen LogP contribution >= 0.6 is 11.8 Å². The van der Waals surface area contributed by atoms with Crippen molar-refractivity contribution in [2.75, 3.05) is 5.32 Å². The summed E-state index contributed by atoms with van der Waals surface area (Å²) in [6.45, 7) is 0.168. The maximum Gasteiger partial charge on any atom is 0.313 e. The van der Waals surface area contributed by atoms with Gasteiger partial charge in [-0.2, -0.15) is 8.78 Å². The molecule has 0 radical (unpaired) electrons. The van der Waals surface area contributed by atoms with Gasteiger partial charge in [0.05, 0.1) is 0 Å². The Kier molecular flexibility index (Phi) is 6.04. The summed E-state index contributed by atoms with van der Waals surface area (Å²) in [6.07, 6.45) is 3.17. The van der Waals surface area contributed by atoms with E-state index in [4.69, 9.17) is 0 Å². The molecule has 23 heavy (non-hydrogen) atoms. The van der Waals surface area contributed by atoms with Crippen molar-refractivity contribution in [3.63, 3.8) is 0 Å². The van der Waals surface area contributed by atoms with Gasteiger partial charge in [0.2, 0.25) is 0 Å². The van der Waals surface area contributed by atoms with E-state index in [0.717, 1.165) is 5.56 Å². The minimum absolute atomic E-state index is 0.168. The molecule has 0 aliphatic heterocycles. The zero-order valence-electron chi connectivity index (χ0n) is 11.8. The Balaban J connectivity index is 1.89. The molecule has 8 heteroatoms. The van der Waals surface area contributed by atoms with Crippen LogP contribution in [0.25, 0.3) is 0 Å². The first-order valence-electron chi connectivity index (χ1n) is 6.57. The number of alkyl halides is 2. The van der Waals surface area contributed by atoms with Crippen molar-refractivity contribution in [1.29, 1.82) is 0 Å². The molecule has 0 unspecified atom stereocenters. The molecule has 5 nitrogen and oxygen atoms in total. The maximum absolute atomic E-state index is 12.3. The van der Waals surface area contributed by atoms with Crippen LogP contribution in [0.2, 0.25) is 0 Å². The number of hydrogen-bond acceptors (Lipinski definition) is 4. The lowest BCUT2D eigenvalue weighted by Crippen LogP contribution is -2.34. The predicted octanol–water partition coefficient (Wildman–Crippen LogP) is 2.65. The van der Waals surface area contributed by atoms with Crippen molar-refractivity contribution < 1.29 is 18.4 Å². The second-order valence-corrected chi connectivity index (χ2v) is 5.47. The highest BCUT2D eigenvalue weighted by atomic mass is 32.2. The standard InChI is InChI=1S/C15H13F2N3O2S/c16-15(17)23-12-5-1-4-11(7-12)20-14(22)13(21)19-9-10-3-2-6-18-8-10/h1-8,15H,9H2,(H,19,21)(H,20,22). The van der Waals surface area contributed by atoms with Crippen LogP contribution in [0, 0.1) is 0 Å². The Hall–Kier alpha value is -2.48. The van der Waals surface area contributed by atoms with Gasteiger partial charge >= 0.3 is 11.8 Å². The van der Waals surface area contributed by atoms with E-state index < -0.39 is 17.6 Å². The molecule has 1 aromatic carbocycles. The van der Waals surface area contributed by atoms with Crippen LogP contribution in [0.15, 0.2) is 53.7 Å². The number of pyridine rings is 1. The highest BCUT2D eigenvalue weighted by Crippen LogP contribution is 2.27. The molecule has 0 fully saturated rings. The SMILES string of the molecule is O=C(NCc1cccnc1)C(=O)Nc1cccc(SC(F)F)c1. The highest BCUT2D eigenvalue weighted by molar-refractivity contribution is 7.99. The molecule has 0 spiro atoms. The van der Waals surface area contributed by atoms with E-state index in [0.29, 0.717) is 16.7 Å². The molecule has 0 aliphatic rings. The van der Waals surface area contributed by atoms with Crippen LogP contribution in [-0.2, 0) is 16.1 Å². The Bertz CT molecular complexity index is 683. The number of thioether (sulfide) groups is 1. The molecule has 1 aromatic heterocycles. The lowest BCUT2D eigenvalue weighted by Gasteiger charge is -2.08. The topological polar surface area (TPSA) is 71.1 Å². The summed E-state index contributed by atoms with van der Waals surface area (Å²) in [6, 6.07) is 9.39. The Morgan fingerprint density at radius 2 is 2.00 bits per heavy atom. The van der Waals surface area contributed by atoms with Crippen molar-refractivity contribution in [3.05, 3.63) is 54.4 Å². The van der Waals surface area contributed by atoms with Gasteiger partial charge in [-0.25, -0.2) is 0 Å². The Morgan fingerprint density at radius 3 is 2.70 bits per heavy atom. The van der Waals surface area contributed by atoms with E-state index in [1.165, 1.54) is 24.3 Å². The number of nitrogens with one attached hydrogen (secondary N) is 2. The number of halogens is 2. The Morgan fingerprint density at radius 1 is 1.17 bits per heavy atom. The first kappa shape index (κ1) is 16.9. The fraction of sp³-hybridized carbons (Fsp3) is 0.133. The molecule has 0 saturated heterocycles. The number of carbonyl (C=O) groups is 2. The van der Waals surface area contributed by atoms with Crippen LogP contribution in [0.1, 0.15) is 5.56 Å².